The molecule has 1 heterocycles. The van der Waals surface area contributed by atoms with Gasteiger partial charge in [-0.2, -0.15) is 0 Å². The molecule has 1 aromatic rings. The first-order valence-electron chi connectivity index (χ1n) is 3.18. The zero-order valence-electron chi connectivity index (χ0n) is 6.27. The van der Waals surface area contributed by atoms with Crippen LogP contribution >= 0.6 is 11.6 Å². The standard InChI is InChI=1S/C7H6ClFN2O/c1-10-7(12)6-5(8)2-4(9)3-11-6/h2-3H,1H3,(H,10,12). The topological polar surface area (TPSA) is 42.0 Å². The van der Waals surface area contributed by atoms with E-state index in [4.69, 9.17) is 11.6 Å². The van der Waals surface area contributed by atoms with E-state index in [2.05, 4.69) is 10.3 Å². The van der Waals surface area contributed by atoms with Gasteiger partial charge in [0.15, 0.2) is 0 Å². The lowest BCUT2D eigenvalue weighted by atomic mass is 10.3. The van der Waals surface area contributed by atoms with Crippen LogP contribution in [0.5, 0.6) is 0 Å². The lowest BCUT2D eigenvalue weighted by Crippen LogP contribution is -2.19. The molecule has 0 atom stereocenters. The molecule has 0 spiro atoms. The van der Waals surface area contributed by atoms with E-state index in [0.717, 1.165) is 12.3 Å². The van der Waals surface area contributed by atoms with Crippen LogP contribution in [0.1, 0.15) is 10.5 Å². The Morgan fingerprint density at radius 3 is 2.92 bits per heavy atom. The number of carbonyl (C=O) groups excluding carboxylic acids is 1. The van der Waals surface area contributed by atoms with Crippen molar-refractivity contribution >= 4 is 17.5 Å². The van der Waals surface area contributed by atoms with Gasteiger partial charge in [-0.15, -0.1) is 0 Å². The van der Waals surface area contributed by atoms with Crippen molar-refractivity contribution in [2.45, 2.75) is 0 Å². The summed E-state index contributed by atoms with van der Waals surface area (Å²) in [4.78, 5) is 14.5. The molecule has 1 aromatic heterocycles. The van der Waals surface area contributed by atoms with Crippen LogP contribution in [0.25, 0.3) is 0 Å². The Balaban J connectivity index is 3.09. The highest BCUT2D eigenvalue weighted by Crippen LogP contribution is 2.13. The number of nitrogens with one attached hydrogen (secondary N) is 1. The molecule has 5 heteroatoms. The van der Waals surface area contributed by atoms with Crippen molar-refractivity contribution in [3.8, 4) is 0 Å². The number of pyridine rings is 1. The fourth-order valence-corrected chi connectivity index (χ4v) is 0.939. The van der Waals surface area contributed by atoms with Crippen molar-refractivity contribution < 1.29 is 9.18 Å². The monoisotopic (exact) mass is 188 g/mol. The lowest BCUT2D eigenvalue weighted by Gasteiger charge is -2.00. The molecular weight excluding hydrogens is 183 g/mol. The van der Waals surface area contributed by atoms with Crippen molar-refractivity contribution in [3.63, 3.8) is 0 Å². The average Bonchev–Trinajstić information content (AvgIpc) is 2.03. The number of hydrogen-bond donors (Lipinski definition) is 1. The molecule has 0 aliphatic carbocycles. The fourth-order valence-electron chi connectivity index (χ4n) is 0.700. The summed E-state index contributed by atoms with van der Waals surface area (Å²) >= 11 is 5.54. The first kappa shape index (κ1) is 8.93. The molecule has 12 heavy (non-hydrogen) atoms. The Labute approximate surface area is 73.6 Å². The van der Waals surface area contributed by atoms with Gasteiger partial charge < -0.3 is 5.32 Å². The van der Waals surface area contributed by atoms with Crippen LogP contribution in [0.2, 0.25) is 5.02 Å². The van der Waals surface area contributed by atoms with Crippen LogP contribution in [0, 0.1) is 5.82 Å². The van der Waals surface area contributed by atoms with E-state index in [1.165, 1.54) is 7.05 Å². The summed E-state index contributed by atoms with van der Waals surface area (Å²) in [5.41, 5.74) is 0.0283. The van der Waals surface area contributed by atoms with Crippen LogP contribution in [0.3, 0.4) is 0 Å². The quantitative estimate of drug-likeness (QED) is 0.721. The van der Waals surface area contributed by atoms with E-state index in [1.807, 2.05) is 0 Å². The second kappa shape index (κ2) is 3.49. The zero-order chi connectivity index (χ0) is 9.14. The van der Waals surface area contributed by atoms with E-state index in [0.29, 0.717) is 0 Å². The third kappa shape index (κ3) is 1.71. The SMILES string of the molecule is CNC(=O)c1ncc(F)cc1Cl. The Kier molecular flexibility index (Phi) is 2.60. The highest BCUT2D eigenvalue weighted by Gasteiger charge is 2.10. The number of hydrogen-bond acceptors (Lipinski definition) is 2. The van der Waals surface area contributed by atoms with E-state index in [9.17, 15) is 9.18 Å². The summed E-state index contributed by atoms with van der Waals surface area (Å²) in [5.74, 6) is -0.993. The third-order valence-electron chi connectivity index (χ3n) is 1.25. The van der Waals surface area contributed by atoms with Gasteiger partial charge in [-0.1, -0.05) is 11.6 Å². The van der Waals surface area contributed by atoms with Gasteiger partial charge in [0.2, 0.25) is 0 Å². The molecule has 0 aliphatic heterocycles. The van der Waals surface area contributed by atoms with Gasteiger partial charge in [-0.25, -0.2) is 9.37 Å². The Morgan fingerprint density at radius 2 is 2.42 bits per heavy atom. The largest absolute Gasteiger partial charge is 0.354 e. The molecule has 1 rings (SSSR count). The molecule has 1 amide bonds. The number of halogens is 2. The molecule has 0 aromatic carbocycles. The number of amides is 1. The van der Waals surface area contributed by atoms with Crippen LogP contribution in [-0.4, -0.2) is 17.9 Å². The first-order chi connectivity index (χ1) is 5.65. The van der Waals surface area contributed by atoms with Crippen molar-refractivity contribution in [3.05, 3.63) is 28.8 Å². The van der Waals surface area contributed by atoms with Crippen molar-refractivity contribution in [1.82, 2.24) is 10.3 Å². The molecule has 0 radical (unpaired) electrons. The highest BCUT2D eigenvalue weighted by atomic mass is 35.5. The molecule has 0 saturated carbocycles. The number of carbonyl (C=O) groups is 1. The normalized spacial score (nSPS) is 9.58. The molecule has 1 N–H and O–H groups in total. The summed E-state index contributed by atoms with van der Waals surface area (Å²) in [6, 6.07) is 1.04. The van der Waals surface area contributed by atoms with Crippen molar-refractivity contribution in [2.24, 2.45) is 0 Å². The van der Waals surface area contributed by atoms with Gasteiger partial charge >= 0.3 is 0 Å². The minimum absolute atomic E-state index is 0.00866. The number of rotatable bonds is 1. The maximum absolute atomic E-state index is 12.4. The third-order valence-corrected chi connectivity index (χ3v) is 1.54. The molecular formula is C7H6ClFN2O. The van der Waals surface area contributed by atoms with Crippen LogP contribution in [0.15, 0.2) is 12.3 Å². The number of nitrogens with zero attached hydrogens (tertiary/aromatic N) is 1. The summed E-state index contributed by atoms with van der Waals surface area (Å²) in [7, 11) is 1.45. The second-order valence-corrected chi connectivity index (χ2v) is 2.47. The smallest absolute Gasteiger partial charge is 0.271 e. The Bertz CT molecular complexity index is 316. The number of aromatic nitrogens is 1. The predicted octanol–water partition coefficient (Wildman–Crippen LogP) is 1.23. The minimum Gasteiger partial charge on any atom is -0.354 e. The Morgan fingerprint density at radius 1 is 1.75 bits per heavy atom. The van der Waals surface area contributed by atoms with Gasteiger partial charge in [-0.3, -0.25) is 4.79 Å². The molecule has 0 bridgehead atoms. The van der Waals surface area contributed by atoms with Crippen LogP contribution in [-0.2, 0) is 0 Å². The summed E-state index contributed by atoms with van der Waals surface area (Å²) in [6.07, 6.45) is 0.941. The zero-order valence-corrected chi connectivity index (χ0v) is 7.02. The first-order valence-corrected chi connectivity index (χ1v) is 3.56. The van der Waals surface area contributed by atoms with Gasteiger partial charge in [0.05, 0.1) is 11.2 Å². The van der Waals surface area contributed by atoms with Gasteiger partial charge in [0.1, 0.15) is 11.5 Å². The van der Waals surface area contributed by atoms with E-state index in [1.54, 1.807) is 0 Å². The molecule has 0 saturated heterocycles. The van der Waals surface area contributed by atoms with Gasteiger partial charge in [0, 0.05) is 7.05 Å². The maximum Gasteiger partial charge on any atom is 0.271 e. The average molecular weight is 189 g/mol. The van der Waals surface area contributed by atoms with Crippen LogP contribution < -0.4 is 5.32 Å². The molecule has 3 nitrogen and oxygen atoms in total. The predicted molar refractivity (Wildman–Crippen MR) is 42.6 cm³/mol. The molecule has 0 unspecified atom stereocenters. The van der Waals surface area contributed by atoms with E-state index < -0.39 is 11.7 Å². The fraction of sp³-hybridized carbons (Fsp3) is 0.143. The van der Waals surface area contributed by atoms with Crippen molar-refractivity contribution in [1.29, 1.82) is 0 Å². The Hall–Kier alpha value is -1.16. The highest BCUT2D eigenvalue weighted by molar-refractivity contribution is 6.33. The van der Waals surface area contributed by atoms with Crippen LogP contribution in [0.4, 0.5) is 4.39 Å². The molecule has 0 aliphatic rings. The van der Waals surface area contributed by atoms with E-state index >= 15 is 0 Å². The van der Waals surface area contributed by atoms with Gasteiger partial charge in [0.25, 0.3) is 5.91 Å². The molecule has 0 fully saturated rings. The van der Waals surface area contributed by atoms with Gasteiger partial charge in [-0.05, 0) is 6.07 Å². The van der Waals surface area contributed by atoms with E-state index in [-0.39, 0.29) is 10.7 Å². The minimum atomic E-state index is -0.562. The summed E-state index contributed by atoms with van der Waals surface area (Å²) < 4.78 is 12.4. The lowest BCUT2D eigenvalue weighted by molar-refractivity contribution is 0.0958. The second-order valence-electron chi connectivity index (χ2n) is 2.06. The van der Waals surface area contributed by atoms with Crippen molar-refractivity contribution in [2.75, 3.05) is 7.05 Å². The molecule has 64 valence electrons. The maximum atomic E-state index is 12.4. The summed E-state index contributed by atoms with van der Waals surface area (Å²) in [5, 5.41) is 2.34. The summed E-state index contributed by atoms with van der Waals surface area (Å²) in [6.45, 7) is 0.